The number of para-hydroxylation sites is 1. The highest BCUT2D eigenvalue weighted by Gasteiger charge is 2.36. The van der Waals surface area contributed by atoms with Gasteiger partial charge in [-0.3, -0.25) is 19.3 Å². The molecule has 1 N–H and O–H groups in total. The number of fused-ring (bicyclic) bond motifs is 1. The topological polar surface area (TPSA) is 79.0 Å². The van der Waals surface area contributed by atoms with E-state index in [-0.39, 0.29) is 12.6 Å². The number of hydrogen-bond donors (Lipinski definition) is 1. The van der Waals surface area contributed by atoms with Crippen LogP contribution in [0.5, 0.6) is 5.75 Å². The van der Waals surface area contributed by atoms with Crippen molar-refractivity contribution in [3.63, 3.8) is 0 Å². The van der Waals surface area contributed by atoms with Gasteiger partial charge in [0.2, 0.25) is 5.91 Å². The van der Waals surface area contributed by atoms with Crippen molar-refractivity contribution in [2.75, 3.05) is 34.3 Å². The molecule has 1 aliphatic rings. The number of nitrogens with one attached hydrogen (secondary N) is 1. The van der Waals surface area contributed by atoms with Crippen LogP contribution in [0.2, 0.25) is 0 Å². The van der Waals surface area contributed by atoms with Crippen LogP contribution in [0.15, 0.2) is 48.5 Å². The summed E-state index contributed by atoms with van der Waals surface area (Å²) in [6, 6.07) is 14.1. The normalized spacial score (nSPS) is 14.2. The highest BCUT2D eigenvalue weighted by Crippen LogP contribution is 2.27. The fourth-order valence-electron chi connectivity index (χ4n) is 3.31. The Balaban J connectivity index is 1.66. The first-order valence-electron chi connectivity index (χ1n) is 8.95. The summed E-state index contributed by atoms with van der Waals surface area (Å²) < 4.78 is 5.42. The molecule has 1 heterocycles. The number of carbonyl (C=O) groups is 3. The number of amides is 3. The second kappa shape index (κ2) is 8.22. The Morgan fingerprint density at radius 2 is 1.61 bits per heavy atom. The predicted molar refractivity (Wildman–Crippen MR) is 104 cm³/mol. The summed E-state index contributed by atoms with van der Waals surface area (Å²) in [5, 5.41) is 2.83. The molecular weight excluding hydrogens is 358 g/mol. The molecule has 146 valence electrons. The van der Waals surface area contributed by atoms with E-state index in [1.54, 1.807) is 31.4 Å². The molecule has 0 fully saturated rings. The maximum atomic E-state index is 12.4. The molecule has 0 aromatic heterocycles. The number of ether oxygens (including phenoxy) is 1. The molecule has 0 bridgehead atoms. The molecule has 1 aliphatic heterocycles. The summed E-state index contributed by atoms with van der Waals surface area (Å²) in [6.45, 7) is 0.00773. The third-order valence-corrected chi connectivity index (χ3v) is 4.79. The lowest BCUT2D eigenvalue weighted by Crippen LogP contribution is -2.42. The zero-order valence-electron chi connectivity index (χ0n) is 16.1. The number of rotatable bonds is 7. The largest absolute Gasteiger partial charge is 0.496 e. The number of likely N-dealkylation sites (N-methyl/N-ethyl adjacent to an activating group) is 1. The summed E-state index contributed by atoms with van der Waals surface area (Å²) in [5.41, 5.74) is 1.61. The quantitative estimate of drug-likeness (QED) is 0.739. The van der Waals surface area contributed by atoms with Crippen LogP contribution in [-0.4, -0.2) is 61.8 Å². The van der Waals surface area contributed by atoms with Crippen molar-refractivity contribution >= 4 is 17.7 Å². The predicted octanol–water partition coefficient (Wildman–Crippen LogP) is 1.71. The Kier molecular flexibility index (Phi) is 5.75. The molecule has 2 aromatic rings. The third-order valence-electron chi connectivity index (χ3n) is 4.79. The van der Waals surface area contributed by atoms with Crippen molar-refractivity contribution in [1.29, 1.82) is 0 Å². The van der Waals surface area contributed by atoms with Crippen molar-refractivity contribution in [1.82, 2.24) is 15.1 Å². The number of nitrogens with zero attached hydrogens (tertiary/aromatic N) is 2. The molecule has 2 aromatic carbocycles. The van der Waals surface area contributed by atoms with Gasteiger partial charge in [-0.25, -0.2) is 0 Å². The van der Waals surface area contributed by atoms with Crippen molar-refractivity contribution in [2.24, 2.45) is 0 Å². The Morgan fingerprint density at radius 1 is 1.04 bits per heavy atom. The lowest BCUT2D eigenvalue weighted by molar-refractivity contribution is -0.121. The molecule has 0 unspecified atom stereocenters. The van der Waals surface area contributed by atoms with Crippen molar-refractivity contribution in [2.45, 2.75) is 6.04 Å². The summed E-state index contributed by atoms with van der Waals surface area (Å²) in [4.78, 5) is 40.2. The maximum Gasteiger partial charge on any atom is 0.262 e. The minimum Gasteiger partial charge on any atom is -0.496 e. The van der Waals surface area contributed by atoms with E-state index in [4.69, 9.17) is 4.74 Å². The van der Waals surface area contributed by atoms with Crippen LogP contribution >= 0.6 is 0 Å². The van der Waals surface area contributed by atoms with E-state index in [1.165, 1.54) is 0 Å². The fourth-order valence-corrected chi connectivity index (χ4v) is 3.31. The molecular formula is C21H23N3O4. The van der Waals surface area contributed by atoms with Crippen LogP contribution in [-0.2, 0) is 4.79 Å². The molecule has 7 nitrogen and oxygen atoms in total. The fraction of sp³-hybridized carbons (Fsp3) is 0.286. The maximum absolute atomic E-state index is 12.4. The van der Waals surface area contributed by atoms with Crippen molar-refractivity contribution < 1.29 is 19.1 Å². The van der Waals surface area contributed by atoms with E-state index in [0.29, 0.717) is 17.7 Å². The first kappa shape index (κ1) is 19.6. The van der Waals surface area contributed by atoms with E-state index in [9.17, 15) is 14.4 Å². The summed E-state index contributed by atoms with van der Waals surface area (Å²) in [6.07, 6.45) is 0. The lowest BCUT2D eigenvalue weighted by atomic mass is 10.0. The van der Waals surface area contributed by atoms with Crippen molar-refractivity contribution in [3.8, 4) is 5.75 Å². The summed E-state index contributed by atoms with van der Waals surface area (Å²) >= 11 is 0. The molecule has 3 rings (SSSR count). The Bertz CT molecular complexity index is 875. The van der Waals surface area contributed by atoms with Gasteiger partial charge in [0, 0.05) is 12.1 Å². The van der Waals surface area contributed by atoms with Crippen LogP contribution in [0.1, 0.15) is 32.3 Å². The van der Waals surface area contributed by atoms with Gasteiger partial charge in [-0.1, -0.05) is 30.3 Å². The molecule has 1 atom stereocenters. The van der Waals surface area contributed by atoms with Gasteiger partial charge in [0.15, 0.2) is 0 Å². The minimum absolute atomic E-state index is 0.123. The Hall–Kier alpha value is -3.19. The van der Waals surface area contributed by atoms with E-state index in [0.717, 1.165) is 16.2 Å². The summed E-state index contributed by atoms with van der Waals surface area (Å²) in [5.74, 6) is -0.540. The van der Waals surface area contributed by atoms with Gasteiger partial charge in [0.25, 0.3) is 11.8 Å². The van der Waals surface area contributed by atoms with E-state index in [1.807, 2.05) is 43.3 Å². The average Bonchev–Trinajstić information content (AvgIpc) is 2.93. The smallest absolute Gasteiger partial charge is 0.262 e. The molecule has 0 saturated heterocycles. The molecule has 28 heavy (non-hydrogen) atoms. The van der Waals surface area contributed by atoms with Gasteiger partial charge in [0.1, 0.15) is 12.3 Å². The number of imide groups is 1. The molecule has 7 heteroatoms. The van der Waals surface area contributed by atoms with Gasteiger partial charge in [-0.15, -0.1) is 0 Å². The Morgan fingerprint density at radius 3 is 2.18 bits per heavy atom. The monoisotopic (exact) mass is 381 g/mol. The van der Waals surface area contributed by atoms with Crippen LogP contribution in [0.4, 0.5) is 0 Å². The van der Waals surface area contributed by atoms with Gasteiger partial charge in [0.05, 0.1) is 24.3 Å². The van der Waals surface area contributed by atoms with Gasteiger partial charge >= 0.3 is 0 Å². The second-order valence-electron chi connectivity index (χ2n) is 6.77. The number of methoxy groups -OCH3 is 1. The van der Waals surface area contributed by atoms with Gasteiger partial charge in [-0.2, -0.15) is 0 Å². The standard InChI is InChI=1S/C21H23N3O4/c1-23(2)17(16-10-6-7-11-18(16)28-3)12-22-19(25)13-24-20(26)14-8-4-5-9-15(14)21(24)27/h4-11,17H,12-13H2,1-3H3,(H,22,25)/t17-/m1/s1. The van der Waals surface area contributed by atoms with E-state index >= 15 is 0 Å². The zero-order valence-corrected chi connectivity index (χ0v) is 16.1. The zero-order chi connectivity index (χ0) is 20.3. The van der Waals surface area contributed by atoms with Crippen LogP contribution in [0.25, 0.3) is 0 Å². The molecule has 0 saturated carbocycles. The summed E-state index contributed by atoms with van der Waals surface area (Å²) in [7, 11) is 5.42. The van der Waals surface area contributed by atoms with Crippen LogP contribution in [0, 0.1) is 0 Å². The van der Waals surface area contributed by atoms with Crippen LogP contribution in [0.3, 0.4) is 0 Å². The molecule has 3 amide bonds. The first-order chi connectivity index (χ1) is 13.4. The van der Waals surface area contributed by atoms with E-state index in [2.05, 4.69) is 5.32 Å². The van der Waals surface area contributed by atoms with Crippen LogP contribution < -0.4 is 10.1 Å². The second-order valence-corrected chi connectivity index (χ2v) is 6.77. The third kappa shape index (κ3) is 3.75. The molecule has 0 aliphatic carbocycles. The number of hydrogen-bond acceptors (Lipinski definition) is 5. The highest BCUT2D eigenvalue weighted by atomic mass is 16.5. The first-order valence-corrected chi connectivity index (χ1v) is 8.95. The molecule has 0 radical (unpaired) electrons. The number of carbonyl (C=O) groups excluding carboxylic acids is 3. The lowest BCUT2D eigenvalue weighted by Gasteiger charge is -2.27. The van der Waals surface area contributed by atoms with E-state index < -0.39 is 17.7 Å². The van der Waals surface area contributed by atoms with Gasteiger partial charge in [-0.05, 0) is 32.3 Å². The van der Waals surface area contributed by atoms with Gasteiger partial charge < -0.3 is 15.0 Å². The Labute approximate surface area is 163 Å². The SMILES string of the molecule is COc1ccccc1[C@@H](CNC(=O)CN1C(=O)c2ccccc2C1=O)N(C)C. The highest BCUT2D eigenvalue weighted by molar-refractivity contribution is 6.22. The number of benzene rings is 2. The minimum atomic E-state index is -0.440. The molecule has 0 spiro atoms. The average molecular weight is 381 g/mol. The van der Waals surface area contributed by atoms with Crippen molar-refractivity contribution in [3.05, 3.63) is 65.2 Å².